The molecule has 3 N–H and O–H groups in total. The molecular formula is C22H18Cl2F3N3O3. The van der Waals surface area contributed by atoms with Crippen LogP contribution in [0.4, 0.5) is 19.0 Å². The number of hydrogen-bond acceptors (Lipinski definition) is 5. The molecule has 6 nitrogen and oxygen atoms in total. The Morgan fingerprint density at radius 3 is 2.39 bits per heavy atom. The predicted molar refractivity (Wildman–Crippen MR) is 118 cm³/mol. The fraction of sp³-hybridized carbons (Fsp3) is 0.227. The maximum absolute atomic E-state index is 14.1. The normalized spacial score (nSPS) is 14.4. The summed E-state index contributed by atoms with van der Waals surface area (Å²) in [4.78, 5) is 18.8. The maximum atomic E-state index is 14.1. The van der Waals surface area contributed by atoms with E-state index in [1.807, 2.05) is 0 Å². The van der Waals surface area contributed by atoms with Crippen LogP contribution in [0, 0.1) is 0 Å². The summed E-state index contributed by atoms with van der Waals surface area (Å²) in [6.45, 7) is 1.41. The molecule has 3 aromatic rings. The van der Waals surface area contributed by atoms with E-state index in [1.54, 1.807) is 6.07 Å². The Bertz CT molecular complexity index is 1180. The third kappa shape index (κ3) is 5.21. The van der Waals surface area contributed by atoms with Gasteiger partial charge < -0.3 is 15.5 Å². The number of hydrogen-bond donors (Lipinski definition) is 3. The van der Waals surface area contributed by atoms with Gasteiger partial charge in [-0.05, 0) is 47.0 Å². The van der Waals surface area contributed by atoms with E-state index in [0.29, 0.717) is 11.4 Å². The highest BCUT2D eigenvalue weighted by Gasteiger charge is 2.59. The summed E-state index contributed by atoms with van der Waals surface area (Å²) >= 11 is 12.1. The number of benzene rings is 1. The van der Waals surface area contributed by atoms with Crippen LogP contribution in [0.3, 0.4) is 0 Å². The molecule has 174 valence electrons. The average molecular weight is 500 g/mol. The van der Waals surface area contributed by atoms with Gasteiger partial charge in [-0.2, -0.15) is 13.2 Å². The molecule has 0 aliphatic carbocycles. The van der Waals surface area contributed by atoms with Gasteiger partial charge in [0, 0.05) is 29.9 Å². The number of aromatic carboxylic acids is 1. The van der Waals surface area contributed by atoms with Crippen LogP contribution in [-0.2, 0) is 12.1 Å². The Hall–Kier alpha value is -2.88. The number of anilines is 1. The fourth-order valence-electron chi connectivity index (χ4n) is 3.41. The first-order valence-corrected chi connectivity index (χ1v) is 10.3. The molecule has 2 unspecified atom stereocenters. The average Bonchev–Trinajstić information content (AvgIpc) is 2.76. The molecule has 3 rings (SSSR count). The number of carboxylic acid groups (broad SMARTS) is 1. The molecule has 2 atom stereocenters. The number of aliphatic hydroxyl groups is 1. The zero-order valence-corrected chi connectivity index (χ0v) is 18.6. The molecule has 0 saturated carbocycles. The van der Waals surface area contributed by atoms with Crippen molar-refractivity contribution in [2.24, 2.45) is 0 Å². The molecule has 11 heteroatoms. The van der Waals surface area contributed by atoms with Crippen LogP contribution in [0.1, 0.15) is 39.9 Å². The third-order valence-electron chi connectivity index (χ3n) is 5.24. The zero-order chi connectivity index (χ0) is 24.4. The molecule has 2 heterocycles. The van der Waals surface area contributed by atoms with E-state index in [-0.39, 0.29) is 27.8 Å². The molecule has 0 spiro atoms. The monoisotopic (exact) mass is 499 g/mol. The van der Waals surface area contributed by atoms with Crippen LogP contribution >= 0.6 is 23.2 Å². The number of halogens is 5. The van der Waals surface area contributed by atoms with Gasteiger partial charge in [-0.25, -0.2) is 14.8 Å². The maximum Gasteiger partial charge on any atom is 0.422 e. The number of carbonyl (C=O) groups is 1. The Kier molecular flexibility index (Phi) is 7.16. The van der Waals surface area contributed by atoms with Gasteiger partial charge >= 0.3 is 12.1 Å². The zero-order valence-electron chi connectivity index (χ0n) is 17.1. The Morgan fingerprint density at radius 2 is 1.79 bits per heavy atom. The molecule has 0 saturated heterocycles. The molecular weight excluding hydrogens is 482 g/mol. The first-order chi connectivity index (χ1) is 15.4. The molecule has 0 aliphatic heterocycles. The van der Waals surface area contributed by atoms with Crippen molar-refractivity contribution in [2.45, 2.75) is 31.2 Å². The first-order valence-electron chi connectivity index (χ1n) is 9.56. The lowest BCUT2D eigenvalue weighted by Gasteiger charge is -2.37. The highest BCUT2D eigenvalue weighted by Crippen LogP contribution is 2.49. The molecule has 0 aliphatic rings. The Balaban J connectivity index is 1.87. The summed E-state index contributed by atoms with van der Waals surface area (Å²) in [5.41, 5.74) is -2.96. The summed E-state index contributed by atoms with van der Waals surface area (Å²) in [5.74, 6) is -2.27. The molecule has 1 aromatic carbocycles. The molecule has 0 fully saturated rings. The second-order valence-electron chi connectivity index (χ2n) is 7.30. The van der Waals surface area contributed by atoms with Gasteiger partial charge in [0.1, 0.15) is 11.0 Å². The van der Waals surface area contributed by atoms with Crippen molar-refractivity contribution in [1.82, 2.24) is 9.97 Å². The van der Waals surface area contributed by atoms with Crippen molar-refractivity contribution in [3.05, 3.63) is 87.3 Å². The van der Waals surface area contributed by atoms with Crippen molar-refractivity contribution in [2.75, 3.05) is 5.32 Å². The summed E-state index contributed by atoms with van der Waals surface area (Å²) in [6.07, 6.45) is -2.60. The second kappa shape index (κ2) is 9.54. The highest BCUT2D eigenvalue weighted by molar-refractivity contribution is 6.31. The summed E-state index contributed by atoms with van der Waals surface area (Å²) in [7, 11) is 0. The molecule has 2 aromatic heterocycles. The van der Waals surface area contributed by atoms with Gasteiger partial charge in [-0.1, -0.05) is 42.3 Å². The number of nitrogens with zero attached hydrogens (tertiary/aromatic N) is 2. The van der Waals surface area contributed by atoms with E-state index in [2.05, 4.69) is 15.3 Å². The van der Waals surface area contributed by atoms with E-state index in [0.717, 1.165) is 18.3 Å². The highest BCUT2D eigenvalue weighted by atomic mass is 35.5. The minimum Gasteiger partial charge on any atom is -0.478 e. The van der Waals surface area contributed by atoms with E-state index < -0.39 is 29.2 Å². The van der Waals surface area contributed by atoms with Gasteiger partial charge in [-0.3, -0.25) is 0 Å². The third-order valence-corrected chi connectivity index (χ3v) is 5.77. The van der Waals surface area contributed by atoms with Crippen molar-refractivity contribution >= 4 is 35.0 Å². The fourth-order valence-corrected chi connectivity index (χ4v) is 3.95. The van der Waals surface area contributed by atoms with Crippen molar-refractivity contribution in [3.63, 3.8) is 0 Å². The van der Waals surface area contributed by atoms with Gasteiger partial charge in [0.15, 0.2) is 5.60 Å². The van der Waals surface area contributed by atoms with Crippen LogP contribution in [0.15, 0.2) is 54.9 Å². The van der Waals surface area contributed by atoms with Crippen LogP contribution in [0.2, 0.25) is 10.2 Å². The van der Waals surface area contributed by atoms with E-state index in [9.17, 15) is 23.1 Å². The molecule has 0 amide bonds. The van der Waals surface area contributed by atoms with Gasteiger partial charge in [-0.15, -0.1) is 0 Å². The number of carboxylic acids is 1. The minimum absolute atomic E-state index is 0.0249. The lowest BCUT2D eigenvalue weighted by atomic mass is 9.78. The van der Waals surface area contributed by atoms with Crippen molar-refractivity contribution in [3.8, 4) is 0 Å². The lowest BCUT2D eigenvalue weighted by Crippen LogP contribution is -2.46. The number of aromatic nitrogens is 2. The van der Waals surface area contributed by atoms with E-state index >= 15 is 0 Å². The lowest BCUT2D eigenvalue weighted by molar-refractivity contribution is -0.274. The van der Waals surface area contributed by atoms with Crippen molar-refractivity contribution < 1.29 is 28.2 Å². The standard InChI is InChI=1S/C22H18Cl2F3N3O3/c1-12(21(33,22(25,26)27)15-5-7-28-18(24)10-15)16-3-2-13(8-17(16)23)11-30-19-9-14(20(31)32)4-6-29-19/h2-10,12,33H,11H2,1H3,(H,29,30)(H,31,32). The molecule has 0 radical (unpaired) electrons. The number of pyridine rings is 2. The number of alkyl halides is 3. The Labute approximate surface area is 197 Å². The molecule has 0 bridgehead atoms. The second-order valence-corrected chi connectivity index (χ2v) is 8.09. The summed E-state index contributed by atoms with van der Waals surface area (Å²) in [6, 6.07) is 9.16. The minimum atomic E-state index is -5.03. The van der Waals surface area contributed by atoms with Gasteiger partial charge in [0.05, 0.1) is 5.56 Å². The summed E-state index contributed by atoms with van der Waals surface area (Å²) < 4.78 is 42.2. The van der Waals surface area contributed by atoms with E-state index in [1.165, 1.54) is 37.4 Å². The number of nitrogens with one attached hydrogen (secondary N) is 1. The predicted octanol–water partition coefficient (Wildman–Crippen LogP) is 5.65. The largest absolute Gasteiger partial charge is 0.478 e. The SMILES string of the molecule is CC(c1ccc(CNc2cc(C(=O)O)ccn2)cc1Cl)C(O)(c1ccnc(Cl)c1)C(F)(F)F. The smallest absolute Gasteiger partial charge is 0.422 e. The number of rotatable bonds is 7. The Morgan fingerprint density at radius 1 is 1.09 bits per heavy atom. The van der Waals surface area contributed by atoms with Crippen molar-refractivity contribution in [1.29, 1.82) is 0 Å². The van der Waals surface area contributed by atoms with Gasteiger partial charge in [0.25, 0.3) is 0 Å². The quantitative estimate of drug-likeness (QED) is 0.363. The van der Waals surface area contributed by atoms with Crippen LogP contribution in [-0.4, -0.2) is 32.3 Å². The topological polar surface area (TPSA) is 95.3 Å². The van der Waals surface area contributed by atoms with Crippen LogP contribution in [0.25, 0.3) is 0 Å². The van der Waals surface area contributed by atoms with E-state index in [4.69, 9.17) is 28.3 Å². The summed E-state index contributed by atoms with van der Waals surface area (Å²) in [5, 5.41) is 22.7. The first kappa shape index (κ1) is 24.8. The van der Waals surface area contributed by atoms with Crippen LogP contribution < -0.4 is 5.32 Å². The van der Waals surface area contributed by atoms with Crippen LogP contribution in [0.5, 0.6) is 0 Å². The molecule has 33 heavy (non-hydrogen) atoms. The van der Waals surface area contributed by atoms with Gasteiger partial charge in [0.2, 0.25) is 0 Å².